The van der Waals surface area contributed by atoms with Gasteiger partial charge in [0, 0.05) is 12.3 Å². The normalized spacial score (nSPS) is 58.4. The minimum absolute atomic E-state index is 0.0171. The Kier molecular flexibility index (Phi) is 12.4. The number of aliphatic hydroxyl groups excluding tert-OH is 8. The van der Waals surface area contributed by atoms with Crippen molar-refractivity contribution in [2.24, 2.45) is 46.3 Å². The zero-order chi connectivity index (χ0) is 43.5. The van der Waals surface area contributed by atoms with Crippen molar-refractivity contribution in [3.63, 3.8) is 0 Å². The van der Waals surface area contributed by atoms with E-state index in [2.05, 4.69) is 33.8 Å². The van der Waals surface area contributed by atoms with E-state index in [9.17, 15) is 40.9 Å². The Hall–Kier alpha value is -0.900. The summed E-state index contributed by atoms with van der Waals surface area (Å²) >= 11 is 0. The first kappa shape index (κ1) is 45.3. The van der Waals surface area contributed by atoms with Gasteiger partial charge in [0.05, 0.1) is 37.6 Å². The van der Waals surface area contributed by atoms with E-state index in [1.807, 2.05) is 0 Å². The number of allylic oxidation sites excluding steroid dienone is 1. The predicted octanol–water partition coefficient (Wildman–Crippen LogP) is 1.24. The van der Waals surface area contributed by atoms with Crippen LogP contribution in [0.2, 0.25) is 0 Å². The monoisotopic (exact) mass is 868 g/mol. The van der Waals surface area contributed by atoms with Crippen molar-refractivity contribution < 1.29 is 78.7 Å². The van der Waals surface area contributed by atoms with Gasteiger partial charge >= 0.3 is 0 Å². The summed E-state index contributed by atoms with van der Waals surface area (Å²) < 4.78 is 50.1. The standard InChI is InChI=1S/C45H72O16/c1-19-9-14-45(54-18-19)20(2)30-28(61-45)16-27-25-8-7-23-15-24(10-12-43(23,5)26(25)11-13-44(27,30)6)57-42-39(60-41-36(52)34(50)32(48)22(4)56-41)37(53)38(29(17-46)58-42)59-40-35(51)33(49)31(47)21(3)55-40/h7,19-22,24-42,46-53H,8-18H2,1-6H3/t19?,20-,21-,22-,24-,25+,26-,27-,28?,29+,30-,31-,32-,33+,34+,35+,36+,37-,38+,39+,40-,41-,42+,43-,44-,45?/m0/s1. The molecule has 1 spiro atoms. The van der Waals surface area contributed by atoms with Gasteiger partial charge < -0.3 is 78.7 Å². The van der Waals surface area contributed by atoms with Crippen LogP contribution in [0.15, 0.2) is 11.6 Å². The molecule has 0 aromatic carbocycles. The molecule has 8 N–H and O–H groups in total. The molecule has 0 aromatic heterocycles. The molecule has 16 nitrogen and oxygen atoms in total. The highest BCUT2D eigenvalue weighted by Crippen LogP contribution is 2.70. The number of fused-ring (bicyclic) bond motifs is 7. The van der Waals surface area contributed by atoms with E-state index < -0.39 is 105 Å². The van der Waals surface area contributed by atoms with E-state index in [0.29, 0.717) is 48.3 Å². The SMILES string of the molecule is CC1CCC2(OC1)OC1C[C@H]3[C@@H]4CC=C5C[C@@H](O[C@@H]6O[C@H](CO)[C@@H](O[C@@H]7O[C@@H](C)[C@H](O)[C@@H](O)[C@H]7O)[C@H](O)[C@H]6O[C@@H]6O[C@@H](C)[C@H](O)[C@@H](O)[C@H]6O)CC[C@]5(C)[C@H]4CC[C@]3(C)[C@H]1[C@@H]2C. The van der Waals surface area contributed by atoms with Gasteiger partial charge in [0.1, 0.15) is 61.0 Å². The summed E-state index contributed by atoms with van der Waals surface area (Å²) in [6.07, 6.45) is -10.4. The molecule has 0 amide bonds. The molecule has 348 valence electrons. The lowest BCUT2D eigenvalue weighted by Crippen LogP contribution is -2.66. The molecular formula is C45H72O16. The van der Waals surface area contributed by atoms with Crippen LogP contribution in [-0.4, -0.2) is 164 Å². The molecule has 4 aliphatic carbocycles. The van der Waals surface area contributed by atoms with Gasteiger partial charge in [-0.2, -0.15) is 0 Å². The lowest BCUT2D eigenvalue weighted by Gasteiger charge is -2.58. The largest absolute Gasteiger partial charge is 0.394 e. The van der Waals surface area contributed by atoms with Crippen LogP contribution >= 0.6 is 0 Å². The highest BCUT2D eigenvalue weighted by atomic mass is 16.8. The molecule has 0 aromatic rings. The summed E-state index contributed by atoms with van der Waals surface area (Å²) in [6, 6.07) is 0. The summed E-state index contributed by atoms with van der Waals surface area (Å²) in [5.74, 6) is 2.64. The number of hydrogen-bond acceptors (Lipinski definition) is 16. The van der Waals surface area contributed by atoms with Crippen LogP contribution < -0.4 is 0 Å². The average molecular weight is 869 g/mol. The number of hydrogen-bond donors (Lipinski definition) is 8. The van der Waals surface area contributed by atoms with E-state index in [1.54, 1.807) is 0 Å². The molecule has 0 bridgehead atoms. The Morgan fingerprint density at radius 3 is 1.97 bits per heavy atom. The second kappa shape index (κ2) is 16.8. The van der Waals surface area contributed by atoms with Gasteiger partial charge in [-0.3, -0.25) is 0 Å². The quantitative estimate of drug-likeness (QED) is 0.168. The molecule has 5 saturated heterocycles. The summed E-state index contributed by atoms with van der Waals surface area (Å²) in [6.45, 7) is 12.7. The van der Waals surface area contributed by atoms with Gasteiger partial charge in [0.2, 0.25) is 0 Å². The molecular weight excluding hydrogens is 796 g/mol. The second-order valence-electron chi connectivity index (χ2n) is 21.1. The van der Waals surface area contributed by atoms with Crippen LogP contribution in [0.5, 0.6) is 0 Å². The van der Waals surface area contributed by atoms with E-state index in [0.717, 1.165) is 45.1 Å². The Bertz CT molecular complexity index is 1590. The summed E-state index contributed by atoms with van der Waals surface area (Å²) in [7, 11) is 0. The third-order valence-electron chi connectivity index (χ3n) is 17.6. The molecule has 16 heteroatoms. The van der Waals surface area contributed by atoms with E-state index in [4.69, 9.17) is 37.9 Å². The van der Waals surface area contributed by atoms with Crippen LogP contribution in [0.25, 0.3) is 0 Å². The highest BCUT2D eigenvalue weighted by molar-refractivity contribution is 5.26. The van der Waals surface area contributed by atoms with Gasteiger partial charge in [0.25, 0.3) is 0 Å². The zero-order valence-electron chi connectivity index (χ0n) is 36.5. The van der Waals surface area contributed by atoms with Crippen LogP contribution in [0.4, 0.5) is 0 Å². The number of rotatable bonds is 7. The second-order valence-corrected chi connectivity index (χ2v) is 21.1. The van der Waals surface area contributed by atoms with Crippen LogP contribution in [-0.2, 0) is 37.9 Å². The van der Waals surface area contributed by atoms with Crippen molar-refractivity contribution in [1.82, 2.24) is 0 Å². The van der Waals surface area contributed by atoms with Crippen LogP contribution in [0.1, 0.15) is 99.3 Å². The van der Waals surface area contributed by atoms with Gasteiger partial charge in [-0.1, -0.05) is 39.3 Å². The molecule has 3 saturated carbocycles. The summed E-state index contributed by atoms with van der Waals surface area (Å²) in [5, 5.41) is 85.9. The highest BCUT2D eigenvalue weighted by Gasteiger charge is 2.69. The fourth-order valence-electron chi connectivity index (χ4n) is 14.0. The Balaban J connectivity index is 0.916. The van der Waals surface area contributed by atoms with Crippen molar-refractivity contribution in [3.05, 3.63) is 11.6 Å². The van der Waals surface area contributed by atoms with E-state index >= 15 is 0 Å². The fourth-order valence-corrected chi connectivity index (χ4v) is 14.0. The first-order valence-corrected chi connectivity index (χ1v) is 23.2. The lowest BCUT2D eigenvalue weighted by atomic mass is 9.47. The van der Waals surface area contributed by atoms with Crippen LogP contribution in [0.3, 0.4) is 0 Å². The summed E-state index contributed by atoms with van der Waals surface area (Å²) in [5.41, 5.74) is 1.53. The van der Waals surface area contributed by atoms with Gasteiger partial charge in [0.15, 0.2) is 24.7 Å². The van der Waals surface area contributed by atoms with E-state index in [1.165, 1.54) is 25.8 Å². The molecule has 9 rings (SSSR count). The Labute approximate surface area is 358 Å². The molecule has 5 aliphatic heterocycles. The number of aliphatic hydroxyl groups is 8. The smallest absolute Gasteiger partial charge is 0.187 e. The molecule has 26 atom stereocenters. The third-order valence-corrected chi connectivity index (χ3v) is 17.6. The zero-order valence-corrected chi connectivity index (χ0v) is 36.5. The minimum atomic E-state index is -1.71. The van der Waals surface area contributed by atoms with Crippen LogP contribution in [0, 0.1) is 46.3 Å². The Morgan fingerprint density at radius 2 is 1.34 bits per heavy atom. The third kappa shape index (κ3) is 7.42. The molecule has 0 radical (unpaired) electrons. The van der Waals surface area contributed by atoms with Gasteiger partial charge in [-0.05, 0) is 106 Å². The number of ether oxygens (including phenoxy) is 8. The molecule has 8 fully saturated rings. The van der Waals surface area contributed by atoms with Gasteiger partial charge in [-0.15, -0.1) is 0 Å². The topological polar surface area (TPSA) is 236 Å². The first-order chi connectivity index (χ1) is 28.9. The maximum Gasteiger partial charge on any atom is 0.187 e. The minimum Gasteiger partial charge on any atom is -0.394 e. The van der Waals surface area contributed by atoms with Gasteiger partial charge in [-0.25, -0.2) is 0 Å². The first-order valence-electron chi connectivity index (χ1n) is 23.2. The maximum absolute atomic E-state index is 12.0. The molecule has 5 heterocycles. The molecule has 9 aliphatic rings. The molecule has 3 unspecified atom stereocenters. The van der Waals surface area contributed by atoms with Crippen molar-refractivity contribution in [2.75, 3.05) is 13.2 Å². The lowest BCUT2D eigenvalue weighted by molar-refractivity contribution is -0.388. The fraction of sp³-hybridized carbons (Fsp3) is 0.956. The Morgan fingerprint density at radius 1 is 0.689 bits per heavy atom. The van der Waals surface area contributed by atoms with Crippen molar-refractivity contribution >= 4 is 0 Å². The van der Waals surface area contributed by atoms with Crippen molar-refractivity contribution in [3.8, 4) is 0 Å². The van der Waals surface area contributed by atoms with E-state index in [-0.39, 0.29) is 23.0 Å². The predicted molar refractivity (Wildman–Crippen MR) is 213 cm³/mol. The van der Waals surface area contributed by atoms with Crippen molar-refractivity contribution in [1.29, 1.82) is 0 Å². The molecule has 61 heavy (non-hydrogen) atoms. The maximum atomic E-state index is 12.0. The summed E-state index contributed by atoms with van der Waals surface area (Å²) in [4.78, 5) is 0. The van der Waals surface area contributed by atoms with Crippen molar-refractivity contribution in [2.45, 2.75) is 209 Å². The average Bonchev–Trinajstić information content (AvgIpc) is 3.69.